The average molecular weight is 427 g/mol. The van der Waals surface area contributed by atoms with Crippen molar-refractivity contribution in [3.63, 3.8) is 0 Å². The number of carbonyl (C=O) groups is 1. The van der Waals surface area contributed by atoms with Gasteiger partial charge < -0.3 is 10.4 Å². The first-order valence-electron chi connectivity index (χ1n) is 10.3. The summed E-state index contributed by atoms with van der Waals surface area (Å²) >= 11 is 0. The van der Waals surface area contributed by atoms with Crippen LogP contribution in [0.25, 0.3) is 11.3 Å². The zero-order valence-corrected chi connectivity index (χ0v) is 17.3. The van der Waals surface area contributed by atoms with Crippen LogP contribution < -0.4 is 5.32 Å². The summed E-state index contributed by atoms with van der Waals surface area (Å²) < 4.78 is 13.3. The van der Waals surface area contributed by atoms with E-state index in [1.165, 1.54) is 12.1 Å². The lowest BCUT2D eigenvalue weighted by Gasteiger charge is -2.12. The minimum absolute atomic E-state index is 0.152. The molecule has 0 spiro atoms. The number of carbonyl (C=O) groups excluding carboxylic acids is 1. The number of hydrogen-bond acceptors (Lipinski definition) is 4. The van der Waals surface area contributed by atoms with Gasteiger partial charge in [0, 0.05) is 5.56 Å². The van der Waals surface area contributed by atoms with Gasteiger partial charge in [-0.25, -0.2) is 14.4 Å². The first-order valence-corrected chi connectivity index (χ1v) is 10.3. The van der Waals surface area contributed by atoms with Gasteiger partial charge in [-0.2, -0.15) is 0 Å². The number of hydrogen-bond donors (Lipinski definition) is 2. The van der Waals surface area contributed by atoms with Crippen LogP contribution in [0, 0.1) is 5.82 Å². The van der Waals surface area contributed by atoms with Crippen LogP contribution >= 0.6 is 0 Å². The van der Waals surface area contributed by atoms with Crippen molar-refractivity contribution in [1.82, 2.24) is 9.97 Å². The summed E-state index contributed by atoms with van der Waals surface area (Å²) in [4.78, 5) is 21.8. The number of aromatic hydroxyl groups is 1. The molecular weight excluding hydrogens is 405 g/mol. The number of phenolic OH excluding ortho intramolecular Hbond substituents is 1. The Kier molecular flexibility index (Phi) is 6.51. The van der Waals surface area contributed by atoms with Gasteiger partial charge in [0.1, 0.15) is 11.6 Å². The van der Waals surface area contributed by atoms with Crippen molar-refractivity contribution in [3.8, 4) is 17.0 Å². The fraction of sp³-hybridized carbons (Fsp3) is 0.115. The van der Waals surface area contributed by atoms with Gasteiger partial charge in [-0.05, 0) is 60.4 Å². The van der Waals surface area contributed by atoms with Gasteiger partial charge >= 0.3 is 0 Å². The van der Waals surface area contributed by atoms with Crippen LogP contribution in [0.15, 0.2) is 85.1 Å². The Morgan fingerprint density at radius 2 is 1.59 bits per heavy atom. The van der Waals surface area contributed by atoms with Crippen molar-refractivity contribution in [3.05, 3.63) is 108 Å². The zero-order valence-electron chi connectivity index (χ0n) is 17.3. The molecule has 0 fully saturated rings. The number of nitrogens with one attached hydrogen (secondary N) is 1. The molecule has 160 valence electrons. The highest BCUT2D eigenvalue weighted by molar-refractivity contribution is 5.92. The van der Waals surface area contributed by atoms with E-state index in [0.717, 1.165) is 23.1 Å². The number of nitrogens with zero attached hydrogens (tertiary/aromatic N) is 2. The van der Waals surface area contributed by atoms with Crippen LogP contribution in [-0.4, -0.2) is 21.0 Å². The Labute approximate surface area is 185 Å². The maximum atomic E-state index is 13.3. The maximum Gasteiger partial charge on any atom is 0.229 e. The first kappa shape index (κ1) is 21.2. The third-order valence-electron chi connectivity index (χ3n) is 5.04. The molecule has 1 aromatic heterocycles. The number of rotatable bonds is 7. The van der Waals surface area contributed by atoms with Crippen LogP contribution in [0.3, 0.4) is 0 Å². The van der Waals surface area contributed by atoms with Gasteiger partial charge in [-0.3, -0.25) is 4.79 Å². The summed E-state index contributed by atoms with van der Waals surface area (Å²) in [6, 6.07) is 22.6. The molecule has 4 aromatic rings. The van der Waals surface area contributed by atoms with Crippen LogP contribution in [-0.2, 0) is 24.1 Å². The van der Waals surface area contributed by atoms with Crippen molar-refractivity contribution in [2.24, 2.45) is 0 Å². The Bertz CT molecular complexity index is 1190. The molecule has 0 bridgehead atoms. The number of anilines is 1. The Balaban J connectivity index is 1.56. The second kappa shape index (κ2) is 9.83. The van der Waals surface area contributed by atoms with E-state index >= 15 is 0 Å². The summed E-state index contributed by atoms with van der Waals surface area (Å²) in [6.07, 6.45) is 3.05. The number of halogens is 1. The fourth-order valence-corrected chi connectivity index (χ4v) is 3.35. The molecule has 0 aliphatic rings. The third kappa shape index (κ3) is 5.55. The van der Waals surface area contributed by atoms with Gasteiger partial charge in [0.05, 0.1) is 24.0 Å². The van der Waals surface area contributed by atoms with Crippen molar-refractivity contribution >= 4 is 11.7 Å². The molecule has 3 aromatic carbocycles. The molecule has 0 aliphatic heterocycles. The fourth-order valence-electron chi connectivity index (χ4n) is 3.35. The first-order chi connectivity index (χ1) is 15.6. The molecule has 0 radical (unpaired) electrons. The zero-order chi connectivity index (χ0) is 22.3. The molecule has 6 heteroatoms. The monoisotopic (exact) mass is 427 g/mol. The third-order valence-corrected chi connectivity index (χ3v) is 5.04. The van der Waals surface area contributed by atoms with Crippen LogP contribution in [0.2, 0.25) is 0 Å². The van der Waals surface area contributed by atoms with E-state index in [0.29, 0.717) is 23.6 Å². The normalized spacial score (nSPS) is 10.7. The molecule has 4 rings (SSSR count). The van der Waals surface area contributed by atoms with Gasteiger partial charge in [0.25, 0.3) is 0 Å². The van der Waals surface area contributed by atoms with Gasteiger partial charge in [-0.1, -0.05) is 42.5 Å². The molecule has 32 heavy (non-hydrogen) atoms. The topological polar surface area (TPSA) is 75.1 Å². The highest BCUT2D eigenvalue weighted by Gasteiger charge is 2.13. The summed E-state index contributed by atoms with van der Waals surface area (Å²) in [5.74, 6) is 0.0276. The molecule has 1 heterocycles. The number of aryl methyl sites for hydroxylation is 2. The average Bonchev–Trinajstić information content (AvgIpc) is 2.81. The van der Waals surface area contributed by atoms with Crippen LogP contribution in [0.5, 0.6) is 5.75 Å². The van der Waals surface area contributed by atoms with E-state index in [1.54, 1.807) is 42.6 Å². The van der Waals surface area contributed by atoms with Gasteiger partial charge in [-0.15, -0.1) is 0 Å². The Morgan fingerprint density at radius 3 is 2.31 bits per heavy atom. The second-order valence-electron chi connectivity index (χ2n) is 7.43. The van der Waals surface area contributed by atoms with Crippen LogP contribution in [0.1, 0.15) is 16.8 Å². The van der Waals surface area contributed by atoms with Gasteiger partial charge in [0.2, 0.25) is 5.91 Å². The van der Waals surface area contributed by atoms with E-state index < -0.39 is 0 Å². The molecule has 0 saturated heterocycles. The van der Waals surface area contributed by atoms with Gasteiger partial charge in [0.15, 0.2) is 5.82 Å². The molecule has 0 unspecified atom stereocenters. The number of phenols is 1. The Morgan fingerprint density at radius 1 is 0.875 bits per heavy atom. The molecule has 2 N–H and O–H groups in total. The standard InChI is InChI=1S/C26H22FN3O2/c27-21-11-9-20(10-12-21)24-17-28-26(23(29-24)15-8-18-4-2-1-3-5-18)30-25(32)16-19-6-13-22(31)14-7-19/h1-7,9-14,17,31H,8,15-16H2,(H,28,30,32). The molecule has 1 amide bonds. The number of amides is 1. The van der Waals surface area contributed by atoms with Crippen molar-refractivity contribution in [2.45, 2.75) is 19.3 Å². The van der Waals surface area contributed by atoms with E-state index in [9.17, 15) is 14.3 Å². The summed E-state index contributed by atoms with van der Waals surface area (Å²) in [7, 11) is 0. The smallest absolute Gasteiger partial charge is 0.229 e. The summed E-state index contributed by atoms with van der Waals surface area (Å²) in [5, 5.41) is 12.3. The Hall–Kier alpha value is -4.06. The molecule has 0 aliphatic carbocycles. The molecule has 0 saturated carbocycles. The molecule has 0 atom stereocenters. The number of benzene rings is 3. The minimum Gasteiger partial charge on any atom is -0.508 e. The molecule has 5 nitrogen and oxygen atoms in total. The highest BCUT2D eigenvalue weighted by atomic mass is 19.1. The predicted molar refractivity (Wildman–Crippen MR) is 122 cm³/mol. The summed E-state index contributed by atoms with van der Waals surface area (Å²) in [5.41, 5.74) is 3.96. The van der Waals surface area contributed by atoms with Crippen molar-refractivity contribution < 1.29 is 14.3 Å². The summed E-state index contributed by atoms with van der Waals surface area (Å²) in [6.45, 7) is 0. The highest BCUT2D eigenvalue weighted by Crippen LogP contribution is 2.22. The van der Waals surface area contributed by atoms with Crippen molar-refractivity contribution in [2.75, 3.05) is 5.32 Å². The van der Waals surface area contributed by atoms with Crippen molar-refractivity contribution in [1.29, 1.82) is 0 Å². The second-order valence-corrected chi connectivity index (χ2v) is 7.43. The minimum atomic E-state index is -0.316. The lowest BCUT2D eigenvalue weighted by molar-refractivity contribution is -0.115. The van der Waals surface area contributed by atoms with E-state index in [1.807, 2.05) is 30.3 Å². The lowest BCUT2D eigenvalue weighted by Crippen LogP contribution is -2.17. The number of aromatic nitrogens is 2. The van der Waals surface area contributed by atoms with E-state index in [-0.39, 0.29) is 23.9 Å². The maximum absolute atomic E-state index is 13.3. The largest absolute Gasteiger partial charge is 0.508 e. The predicted octanol–water partition coefficient (Wildman–Crippen LogP) is 4.95. The molecular formula is C26H22FN3O2. The lowest BCUT2D eigenvalue weighted by atomic mass is 10.1. The SMILES string of the molecule is O=C(Cc1ccc(O)cc1)Nc1ncc(-c2ccc(F)cc2)nc1CCc1ccccc1. The van der Waals surface area contributed by atoms with Crippen LogP contribution in [0.4, 0.5) is 10.2 Å². The van der Waals surface area contributed by atoms with E-state index in [2.05, 4.69) is 10.3 Å². The quantitative estimate of drug-likeness (QED) is 0.437. The van der Waals surface area contributed by atoms with E-state index in [4.69, 9.17) is 4.98 Å².